The number of benzene rings is 1. The summed E-state index contributed by atoms with van der Waals surface area (Å²) in [6.07, 6.45) is 5.31. The van der Waals surface area contributed by atoms with Crippen molar-refractivity contribution in [2.45, 2.75) is 31.3 Å². The Balaban J connectivity index is 1.52. The molecule has 0 unspecified atom stereocenters. The second kappa shape index (κ2) is 7.81. The number of aromatic amines is 1. The fraction of sp³-hybridized carbons (Fsp3) is 0.286. The summed E-state index contributed by atoms with van der Waals surface area (Å²) in [6, 6.07) is 10.2. The lowest BCUT2D eigenvalue weighted by atomic mass is 10.0. The second-order valence-corrected chi connectivity index (χ2v) is 7.18. The molecule has 1 aliphatic rings. The Morgan fingerprint density at radius 3 is 3.03 bits per heavy atom. The molecule has 1 aliphatic heterocycles. The molecule has 8 heteroatoms. The Kier molecular flexibility index (Phi) is 5.06. The average Bonchev–Trinajstić information content (AvgIpc) is 3.36. The molecule has 0 radical (unpaired) electrons. The summed E-state index contributed by atoms with van der Waals surface area (Å²) >= 11 is 0. The van der Waals surface area contributed by atoms with Crippen molar-refractivity contribution in [1.82, 2.24) is 14.9 Å². The van der Waals surface area contributed by atoms with E-state index in [0.717, 1.165) is 22.9 Å². The fourth-order valence-electron chi connectivity index (χ4n) is 3.66. The number of anilines is 1. The number of carbonyl (C=O) groups is 1. The van der Waals surface area contributed by atoms with E-state index in [-0.39, 0.29) is 11.9 Å². The van der Waals surface area contributed by atoms with Gasteiger partial charge in [0, 0.05) is 29.7 Å². The number of nitrogens with zero attached hydrogens (tertiary/aromatic N) is 3. The first-order valence-electron chi connectivity index (χ1n) is 9.50. The number of carbonyl (C=O) groups excluding carboxylic acids is 1. The number of nitrogen functional groups attached to an aromatic ring is 1. The SMILES string of the molecule is N#C[C@@H]1CCCN1C(=O)[C@@H](N)Cc1c[nH]c2ccc(Oc3ccc(N)cn3)cc12. The molecule has 0 spiro atoms. The Labute approximate surface area is 168 Å². The van der Waals surface area contributed by atoms with Crippen LogP contribution in [0.4, 0.5) is 5.69 Å². The highest BCUT2D eigenvalue weighted by Gasteiger charge is 2.31. The number of aromatic nitrogens is 2. The van der Waals surface area contributed by atoms with Crippen molar-refractivity contribution < 1.29 is 9.53 Å². The molecular weight excluding hydrogens is 368 g/mol. The van der Waals surface area contributed by atoms with E-state index in [9.17, 15) is 10.1 Å². The van der Waals surface area contributed by atoms with Gasteiger partial charge in [0.25, 0.3) is 0 Å². The fourth-order valence-corrected chi connectivity index (χ4v) is 3.66. The van der Waals surface area contributed by atoms with Crippen molar-refractivity contribution in [3.05, 3.63) is 48.3 Å². The number of pyridine rings is 1. The molecule has 5 N–H and O–H groups in total. The molecule has 1 fully saturated rings. The third-order valence-electron chi connectivity index (χ3n) is 5.16. The molecule has 1 amide bonds. The van der Waals surface area contributed by atoms with Gasteiger partial charge in [-0.15, -0.1) is 0 Å². The highest BCUT2D eigenvalue weighted by Crippen LogP contribution is 2.28. The van der Waals surface area contributed by atoms with Crippen molar-refractivity contribution in [3.8, 4) is 17.7 Å². The van der Waals surface area contributed by atoms with Crippen molar-refractivity contribution in [2.75, 3.05) is 12.3 Å². The zero-order valence-electron chi connectivity index (χ0n) is 15.8. The summed E-state index contributed by atoms with van der Waals surface area (Å²) in [6.45, 7) is 0.589. The van der Waals surface area contributed by atoms with Gasteiger partial charge >= 0.3 is 0 Å². The number of nitrogens with two attached hydrogens (primary N) is 2. The first kappa shape index (κ1) is 18.8. The summed E-state index contributed by atoms with van der Waals surface area (Å²) in [5.41, 5.74) is 14.3. The highest BCUT2D eigenvalue weighted by molar-refractivity contribution is 5.87. The van der Waals surface area contributed by atoms with Crippen LogP contribution in [-0.4, -0.2) is 39.4 Å². The van der Waals surface area contributed by atoms with Crippen LogP contribution in [0.3, 0.4) is 0 Å². The van der Waals surface area contributed by atoms with Gasteiger partial charge in [0.05, 0.1) is 24.0 Å². The van der Waals surface area contributed by atoms with Crippen molar-refractivity contribution in [2.24, 2.45) is 5.73 Å². The monoisotopic (exact) mass is 390 g/mol. The quantitative estimate of drug-likeness (QED) is 0.612. The van der Waals surface area contributed by atoms with Crippen molar-refractivity contribution >= 4 is 22.5 Å². The molecule has 8 nitrogen and oxygen atoms in total. The molecule has 0 bridgehead atoms. The minimum atomic E-state index is -0.703. The maximum Gasteiger partial charge on any atom is 0.240 e. The normalized spacial score (nSPS) is 17.2. The van der Waals surface area contributed by atoms with Crippen LogP contribution in [-0.2, 0) is 11.2 Å². The first-order valence-corrected chi connectivity index (χ1v) is 9.50. The summed E-state index contributed by atoms with van der Waals surface area (Å²) in [7, 11) is 0. The number of nitrogens with one attached hydrogen (secondary N) is 1. The van der Waals surface area contributed by atoms with Gasteiger partial charge < -0.3 is 26.1 Å². The number of fused-ring (bicyclic) bond motifs is 1. The van der Waals surface area contributed by atoms with E-state index >= 15 is 0 Å². The average molecular weight is 390 g/mol. The maximum atomic E-state index is 12.7. The predicted molar refractivity (Wildman–Crippen MR) is 109 cm³/mol. The Morgan fingerprint density at radius 1 is 1.41 bits per heavy atom. The first-order chi connectivity index (χ1) is 14.0. The lowest BCUT2D eigenvalue weighted by Crippen LogP contribution is -2.46. The number of H-pyrrole nitrogens is 1. The number of amides is 1. The molecule has 2 aromatic heterocycles. The largest absolute Gasteiger partial charge is 0.439 e. The highest BCUT2D eigenvalue weighted by atomic mass is 16.5. The molecule has 4 rings (SSSR count). The van der Waals surface area contributed by atoms with Gasteiger partial charge in [-0.25, -0.2) is 4.98 Å². The number of rotatable bonds is 5. The van der Waals surface area contributed by atoms with E-state index in [1.165, 1.54) is 6.20 Å². The molecule has 29 heavy (non-hydrogen) atoms. The number of likely N-dealkylation sites (tertiary alicyclic amines) is 1. The summed E-state index contributed by atoms with van der Waals surface area (Å²) in [4.78, 5) is 21.6. The maximum absolute atomic E-state index is 12.7. The summed E-state index contributed by atoms with van der Waals surface area (Å²) in [5.74, 6) is 0.889. The minimum Gasteiger partial charge on any atom is -0.439 e. The van der Waals surface area contributed by atoms with Crippen molar-refractivity contribution in [1.29, 1.82) is 5.26 Å². The van der Waals surface area contributed by atoms with Crippen LogP contribution in [0.15, 0.2) is 42.7 Å². The molecule has 3 aromatic rings. The topological polar surface area (TPSA) is 134 Å². The van der Waals surface area contributed by atoms with E-state index in [1.807, 2.05) is 24.4 Å². The van der Waals surface area contributed by atoms with Crippen LogP contribution in [0.2, 0.25) is 0 Å². The second-order valence-electron chi connectivity index (χ2n) is 7.18. The minimum absolute atomic E-state index is 0.179. The predicted octanol–water partition coefficient (Wildman–Crippen LogP) is 2.32. The molecule has 1 aromatic carbocycles. The third-order valence-corrected chi connectivity index (χ3v) is 5.16. The molecule has 0 saturated carbocycles. The summed E-state index contributed by atoms with van der Waals surface area (Å²) in [5, 5.41) is 10.1. The molecule has 1 saturated heterocycles. The molecule has 2 atom stereocenters. The van der Waals surface area contributed by atoms with Crippen LogP contribution in [0.5, 0.6) is 11.6 Å². The third kappa shape index (κ3) is 3.86. The number of hydrogen-bond acceptors (Lipinski definition) is 6. The van der Waals surface area contributed by atoms with Crippen LogP contribution in [0, 0.1) is 11.3 Å². The van der Waals surface area contributed by atoms with Crippen LogP contribution in [0.1, 0.15) is 18.4 Å². The molecule has 3 heterocycles. The van der Waals surface area contributed by atoms with Crippen molar-refractivity contribution in [3.63, 3.8) is 0 Å². The smallest absolute Gasteiger partial charge is 0.240 e. The van der Waals surface area contributed by atoms with Gasteiger partial charge in [-0.05, 0) is 49.1 Å². The molecule has 148 valence electrons. The van der Waals surface area contributed by atoms with E-state index in [4.69, 9.17) is 16.2 Å². The van der Waals surface area contributed by atoms with Gasteiger partial charge in [-0.3, -0.25) is 4.79 Å². The molecule has 0 aliphatic carbocycles. The Bertz CT molecular complexity index is 1070. The lowest BCUT2D eigenvalue weighted by molar-refractivity contribution is -0.132. The Hall–Kier alpha value is -3.57. The van der Waals surface area contributed by atoms with Gasteiger partial charge in [-0.2, -0.15) is 5.26 Å². The zero-order valence-corrected chi connectivity index (χ0v) is 15.8. The zero-order chi connectivity index (χ0) is 20.4. The lowest BCUT2D eigenvalue weighted by Gasteiger charge is -2.23. The van der Waals surface area contributed by atoms with Gasteiger partial charge in [0.2, 0.25) is 11.8 Å². The van der Waals surface area contributed by atoms with Gasteiger partial charge in [-0.1, -0.05) is 0 Å². The van der Waals surface area contributed by atoms with Crippen LogP contribution in [0.25, 0.3) is 10.9 Å². The van der Waals surface area contributed by atoms with E-state index in [0.29, 0.717) is 36.7 Å². The van der Waals surface area contributed by atoms with Gasteiger partial charge in [0.1, 0.15) is 11.8 Å². The van der Waals surface area contributed by atoms with Crippen LogP contribution >= 0.6 is 0 Å². The number of ether oxygens (including phenoxy) is 1. The standard InChI is InChI=1S/C21H22N6O2/c22-10-15-2-1-7-27(15)21(28)18(24)8-13-11-25-19-5-4-16(9-17(13)19)29-20-6-3-14(23)12-26-20/h3-6,9,11-12,15,18,25H,1-2,7-8,23-24H2/t15-,18-/m0/s1. The van der Waals surface area contributed by atoms with E-state index in [2.05, 4.69) is 16.0 Å². The molecular formula is C21H22N6O2. The number of hydrogen-bond donors (Lipinski definition) is 3. The Morgan fingerprint density at radius 2 is 2.28 bits per heavy atom. The summed E-state index contributed by atoms with van der Waals surface area (Å²) < 4.78 is 5.81. The van der Waals surface area contributed by atoms with E-state index in [1.54, 1.807) is 17.0 Å². The van der Waals surface area contributed by atoms with Crippen LogP contribution < -0.4 is 16.2 Å². The number of nitriles is 1. The van der Waals surface area contributed by atoms with Gasteiger partial charge in [0.15, 0.2) is 0 Å². The van der Waals surface area contributed by atoms with E-state index < -0.39 is 6.04 Å².